The predicted molar refractivity (Wildman–Crippen MR) is 92.9 cm³/mol. The van der Waals surface area contributed by atoms with Crippen molar-refractivity contribution < 1.29 is 0 Å². The van der Waals surface area contributed by atoms with Crippen LogP contribution in [0.2, 0.25) is 0 Å². The number of pyridine rings is 1. The highest BCUT2D eigenvalue weighted by molar-refractivity contribution is 9.11. The fourth-order valence-corrected chi connectivity index (χ4v) is 4.51. The molecular weight excluding hydrogens is 396 g/mol. The van der Waals surface area contributed by atoms with Gasteiger partial charge in [0.25, 0.3) is 0 Å². The van der Waals surface area contributed by atoms with Crippen molar-refractivity contribution in [3.05, 3.63) is 60.4 Å². The molecule has 0 aliphatic heterocycles. The van der Waals surface area contributed by atoms with Crippen molar-refractivity contribution in [1.82, 2.24) is 4.98 Å². The van der Waals surface area contributed by atoms with E-state index in [1.807, 2.05) is 6.07 Å². The first kappa shape index (κ1) is 14.9. The van der Waals surface area contributed by atoms with E-state index in [-0.39, 0.29) is 11.6 Å². The summed E-state index contributed by atoms with van der Waals surface area (Å²) in [5, 5.41) is 3.60. The minimum atomic E-state index is -0.0212. The van der Waals surface area contributed by atoms with Gasteiger partial charge in [-0.2, -0.15) is 0 Å². The number of H-pyrrole nitrogens is 1. The fourth-order valence-electron chi connectivity index (χ4n) is 2.86. The topological polar surface area (TPSA) is 44.9 Å². The second-order valence-corrected chi connectivity index (χ2v) is 7.16. The van der Waals surface area contributed by atoms with Crippen molar-refractivity contribution in [2.45, 2.75) is 32.2 Å². The molecule has 0 saturated carbocycles. The minimum absolute atomic E-state index is 0.0212. The highest BCUT2D eigenvalue weighted by Gasteiger charge is 2.22. The summed E-state index contributed by atoms with van der Waals surface area (Å²) < 4.78 is 2.09. The number of aromatic nitrogens is 1. The smallest absolute Gasteiger partial charge is 0.248 e. The second-order valence-electron chi connectivity index (χ2n) is 5.45. The molecule has 1 aromatic heterocycles. The normalized spacial score (nSPS) is 17.4. The average molecular weight is 412 g/mol. The van der Waals surface area contributed by atoms with Gasteiger partial charge in [0.2, 0.25) is 5.56 Å². The van der Waals surface area contributed by atoms with E-state index in [2.05, 4.69) is 61.2 Å². The standard InChI is InChI=1S/C16H16Br2N2O/c1-9-7-11(17)16(12(18)8-9)20-14-4-2-3-13-10(14)5-6-15(21)19-13/h5-8,14,20H,2-4H2,1H3,(H,19,21). The summed E-state index contributed by atoms with van der Waals surface area (Å²) >= 11 is 7.25. The van der Waals surface area contributed by atoms with E-state index in [4.69, 9.17) is 0 Å². The Labute approximate surface area is 140 Å². The lowest BCUT2D eigenvalue weighted by molar-refractivity contribution is 0.586. The Balaban J connectivity index is 1.96. The van der Waals surface area contributed by atoms with Gasteiger partial charge in [-0.1, -0.05) is 0 Å². The molecule has 1 atom stereocenters. The van der Waals surface area contributed by atoms with Gasteiger partial charge in [0.1, 0.15) is 0 Å². The first-order valence-electron chi connectivity index (χ1n) is 6.99. The van der Waals surface area contributed by atoms with Crippen LogP contribution >= 0.6 is 31.9 Å². The van der Waals surface area contributed by atoms with Crippen LogP contribution in [0.4, 0.5) is 5.69 Å². The summed E-state index contributed by atoms with van der Waals surface area (Å²) in [5.74, 6) is 0. The number of halogens is 2. The maximum absolute atomic E-state index is 11.5. The Morgan fingerprint density at radius 1 is 1.24 bits per heavy atom. The van der Waals surface area contributed by atoms with Crippen LogP contribution in [-0.4, -0.2) is 4.98 Å². The molecule has 1 unspecified atom stereocenters. The quantitative estimate of drug-likeness (QED) is 0.752. The number of aryl methyl sites for hydroxylation is 2. The molecule has 0 spiro atoms. The minimum Gasteiger partial charge on any atom is -0.376 e. The molecule has 0 fully saturated rings. The van der Waals surface area contributed by atoms with Crippen LogP contribution < -0.4 is 10.9 Å². The number of hydrogen-bond acceptors (Lipinski definition) is 2. The molecule has 0 radical (unpaired) electrons. The van der Waals surface area contributed by atoms with Gasteiger partial charge in [-0.3, -0.25) is 4.79 Å². The van der Waals surface area contributed by atoms with Crippen LogP contribution in [0.1, 0.15) is 35.7 Å². The predicted octanol–water partition coefficient (Wildman–Crippen LogP) is 4.70. The third kappa shape index (κ3) is 3.09. The third-order valence-electron chi connectivity index (χ3n) is 3.84. The van der Waals surface area contributed by atoms with E-state index in [9.17, 15) is 4.79 Å². The van der Waals surface area contributed by atoms with Crippen LogP contribution in [0, 0.1) is 6.92 Å². The van der Waals surface area contributed by atoms with Gasteiger partial charge >= 0.3 is 0 Å². The van der Waals surface area contributed by atoms with Crippen molar-refractivity contribution >= 4 is 37.5 Å². The summed E-state index contributed by atoms with van der Waals surface area (Å²) in [7, 11) is 0. The van der Waals surface area contributed by atoms with E-state index >= 15 is 0 Å². The molecule has 3 nitrogen and oxygen atoms in total. The monoisotopic (exact) mass is 410 g/mol. The Morgan fingerprint density at radius 2 is 1.95 bits per heavy atom. The largest absolute Gasteiger partial charge is 0.376 e. The molecule has 0 amide bonds. The molecule has 1 aliphatic carbocycles. The Bertz CT molecular complexity index is 716. The lowest BCUT2D eigenvalue weighted by Crippen LogP contribution is -2.21. The lowest BCUT2D eigenvalue weighted by Gasteiger charge is -2.27. The van der Waals surface area contributed by atoms with E-state index in [0.29, 0.717) is 0 Å². The summed E-state index contributed by atoms with van der Waals surface area (Å²) in [5.41, 5.74) is 4.50. The van der Waals surface area contributed by atoms with Gasteiger partial charge in [-0.25, -0.2) is 0 Å². The highest BCUT2D eigenvalue weighted by atomic mass is 79.9. The van der Waals surface area contributed by atoms with Crippen LogP contribution in [0.25, 0.3) is 0 Å². The van der Waals surface area contributed by atoms with Gasteiger partial charge in [0.05, 0.1) is 11.7 Å². The molecule has 21 heavy (non-hydrogen) atoms. The van der Waals surface area contributed by atoms with Crippen LogP contribution in [0.3, 0.4) is 0 Å². The summed E-state index contributed by atoms with van der Waals surface area (Å²) in [6, 6.07) is 7.98. The van der Waals surface area contributed by atoms with Crippen molar-refractivity contribution in [3.63, 3.8) is 0 Å². The maximum Gasteiger partial charge on any atom is 0.248 e. The number of anilines is 1. The maximum atomic E-state index is 11.5. The van der Waals surface area contributed by atoms with Gasteiger partial charge in [-0.15, -0.1) is 0 Å². The lowest BCUT2D eigenvalue weighted by atomic mass is 9.91. The number of rotatable bonds is 2. The number of benzene rings is 1. The van der Waals surface area contributed by atoms with Gasteiger partial charge in [0, 0.05) is 20.7 Å². The third-order valence-corrected chi connectivity index (χ3v) is 5.09. The Morgan fingerprint density at radius 3 is 2.67 bits per heavy atom. The molecule has 2 aromatic rings. The zero-order chi connectivity index (χ0) is 15.0. The molecule has 1 aromatic carbocycles. The molecule has 0 bridgehead atoms. The van der Waals surface area contributed by atoms with Crippen LogP contribution in [0.5, 0.6) is 0 Å². The van der Waals surface area contributed by atoms with Gasteiger partial charge in [0.15, 0.2) is 0 Å². The zero-order valence-corrected chi connectivity index (χ0v) is 14.8. The van der Waals surface area contributed by atoms with Crippen molar-refractivity contribution in [3.8, 4) is 0 Å². The van der Waals surface area contributed by atoms with Crippen molar-refractivity contribution in [1.29, 1.82) is 0 Å². The molecule has 1 heterocycles. The first-order chi connectivity index (χ1) is 10.0. The fraction of sp³-hybridized carbons (Fsp3) is 0.312. The Hall–Kier alpha value is -1.07. The van der Waals surface area contributed by atoms with E-state index in [0.717, 1.165) is 39.6 Å². The number of aromatic amines is 1. The van der Waals surface area contributed by atoms with Gasteiger partial charge < -0.3 is 10.3 Å². The molecule has 3 rings (SSSR count). The Kier molecular flexibility index (Phi) is 4.22. The number of nitrogens with one attached hydrogen (secondary N) is 2. The summed E-state index contributed by atoms with van der Waals surface area (Å²) in [6.45, 7) is 2.07. The number of fused-ring (bicyclic) bond motifs is 1. The van der Waals surface area contributed by atoms with Gasteiger partial charge in [-0.05, 0) is 87.4 Å². The molecular formula is C16H16Br2N2O. The molecule has 5 heteroatoms. The SMILES string of the molecule is Cc1cc(Br)c(NC2CCCc3[nH]c(=O)ccc32)c(Br)c1. The van der Waals surface area contributed by atoms with E-state index in [1.54, 1.807) is 6.07 Å². The molecule has 2 N–H and O–H groups in total. The first-order valence-corrected chi connectivity index (χ1v) is 8.57. The van der Waals surface area contributed by atoms with Crippen LogP contribution in [-0.2, 0) is 6.42 Å². The average Bonchev–Trinajstić information content (AvgIpc) is 2.42. The zero-order valence-electron chi connectivity index (χ0n) is 11.7. The van der Waals surface area contributed by atoms with Crippen molar-refractivity contribution in [2.24, 2.45) is 0 Å². The van der Waals surface area contributed by atoms with Crippen molar-refractivity contribution in [2.75, 3.05) is 5.32 Å². The van der Waals surface area contributed by atoms with E-state index in [1.165, 1.54) is 11.1 Å². The summed E-state index contributed by atoms with van der Waals surface area (Å²) in [4.78, 5) is 14.4. The van der Waals surface area contributed by atoms with Crippen LogP contribution in [0.15, 0.2) is 38.0 Å². The second kappa shape index (κ2) is 5.97. The summed E-state index contributed by atoms with van der Waals surface area (Å²) in [6.07, 6.45) is 3.08. The molecule has 0 saturated heterocycles. The highest BCUT2D eigenvalue weighted by Crippen LogP contribution is 2.37. The molecule has 110 valence electrons. The number of hydrogen-bond donors (Lipinski definition) is 2. The van der Waals surface area contributed by atoms with E-state index < -0.39 is 0 Å². The molecule has 1 aliphatic rings.